The van der Waals surface area contributed by atoms with Gasteiger partial charge in [0.25, 0.3) is 5.91 Å². The van der Waals surface area contributed by atoms with E-state index in [1.807, 2.05) is 0 Å². The molecule has 1 aliphatic rings. The Hall–Kier alpha value is -4.63. The molecule has 3 rings (SSSR count). The number of nitrogens with one attached hydrogen (secondary N) is 2. The third-order valence-corrected chi connectivity index (χ3v) is 6.12. The first-order valence-electron chi connectivity index (χ1n) is 15.4. The quantitative estimate of drug-likeness (QED) is 0.308. The summed E-state index contributed by atoms with van der Waals surface area (Å²) in [4.78, 5) is 68.5. The van der Waals surface area contributed by atoms with Crippen LogP contribution in [0.15, 0.2) is 25.0 Å². The predicted molar refractivity (Wildman–Crippen MR) is 171 cm³/mol. The Morgan fingerprint density at radius 1 is 0.787 bits per heavy atom. The van der Waals surface area contributed by atoms with Crippen molar-refractivity contribution in [3.63, 3.8) is 0 Å². The summed E-state index contributed by atoms with van der Waals surface area (Å²) in [6.07, 6.45) is 8.50. The zero-order valence-electron chi connectivity index (χ0n) is 29.0. The smallest absolute Gasteiger partial charge is 0.439 e. The molecule has 1 saturated carbocycles. The number of methoxy groups -OCH3 is 1. The molecule has 0 aliphatic heterocycles. The van der Waals surface area contributed by atoms with Gasteiger partial charge in [-0.05, 0) is 81.1 Å². The minimum atomic E-state index is -1.01. The van der Waals surface area contributed by atoms with E-state index in [1.165, 1.54) is 43.6 Å². The number of hydrogen-bond acceptors (Lipinski definition) is 11. The third-order valence-electron chi connectivity index (χ3n) is 6.12. The number of ether oxygens (including phenoxy) is 4. The molecule has 16 heteroatoms. The van der Waals surface area contributed by atoms with Gasteiger partial charge in [0.05, 0.1) is 19.5 Å². The Kier molecular flexibility index (Phi) is 13.3. The Balaban J connectivity index is 0.000000327. The third kappa shape index (κ3) is 13.3. The van der Waals surface area contributed by atoms with Gasteiger partial charge in [0.1, 0.15) is 35.2 Å². The maximum Gasteiger partial charge on any atom is 0.439 e. The van der Waals surface area contributed by atoms with Crippen LogP contribution in [-0.2, 0) is 18.9 Å². The van der Waals surface area contributed by atoms with E-state index in [4.69, 9.17) is 14.2 Å². The predicted octanol–water partition coefficient (Wildman–Crippen LogP) is 5.15. The first kappa shape index (κ1) is 38.6. The molecule has 1 aliphatic carbocycles. The van der Waals surface area contributed by atoms with Crippen LogP contribution in [0.2, 0.25) is 0 Å². The Morgan fingerprint density at radius 3 is 1.81 bits per heavy atom. The molecule has 0 atom stereocenters. The lowest BCUT2D eigenvalue weighted by molar-refractivity contribution is 0.0363. The number of carbonyl (C=O) groups excluding carboxylic acids is 5. The van der Waals surface area contributed by atoms with Gasteiger partial charge in [0.2, 0.25) is 0 Å². The summed E-state index contributed by atoms with van der Waals surface area (Å²) < 4.78 is 22.4. The minimum absolute atomic E-state index is 0.130. The average Bonchev–Trinajstić information content (AvgIpc) is 3.59. The summed E-state index contributed by atoms with van der Waals surface area (Å²) in [5.74, 6) is -0.475. The van der Waals surface area contributed by atoms with E-state index in [-0.39, 0.29) is 17.3 Å². The average molecular weight is 664 g/mol. The van der Waals surface area contributed by atoms with Gasteiger partial charge in [-0.25, -0.2) is 43.9 Å². The normalized spacial score (nSPS) is 13.7. The highest BCUT2D eigenvalue weighted by Gasteiger charge is 2.35. The Bertz CT molecular complexity index is 1350. The molecule has 2 aromatic heterocycles. The van der Waals surface area contributed by atoms with Crippen LogP contribution in [0.3, 0.4) is 0 Å². The van der Waals surface area contributed by atoms with Crippen LogP contribution >= 0.6 is 0 Å². The van der Waals surface area contributed by atoms with Crippen LogP contribution in [0.4, 0.5) is 14.4 Å². The lowest BCUT2D eigenvalue weighted by atomic mass is 9.89. The monoisotopic (exact) mass is 663 g/mol. The molecule has 0 spiro atoms. The van der Waals surface area contributed by atoms with Gasteiger partial charge in [-0.1, -0.05) is 19.3 Å². The van der Waals surface area contributed by atoms with Crippen molar-refractivity contribution >= 4 is 30.2 Å². The number of imidazole rings is 2. The fraction of sp³-hybridized carbons (Fsp3) is 0.645. The number of aromatic nitrogens is 4. The topological polar surface area (TPSA) is 185 Å². The van der Waals surface area contributed by atoms with Gasteiger partial charge in [-0.15, -0.1) is 5.01 Å². The Morgan fingerprint density at radius 2 is 1.30 bits per heavy atom. The molecule has 16 nitrogen and oxygen atoms in total. The molecule has 4 amide bonds. The van der Waals surface area contributed by atoms with E-state index < -0.39 is 41.1 Å². The lowest BCUT2D eigenvalue weighted by Crippen LogP contribution is -2.50. The van der Waals surface area contributed by atoms with Crippen molar-refractivity contribution in [2.75, 3.05) is 24.1 Å². The fourth-order valence-corrected chi connectivity index (χ4v) is 4.23. The molecule has 0 unspecified atom stereocenters. The minimum Gasteiger partial charge on any atom is -0.464 e. The zero-order chi connectivity index (χ0) is 35.6. The van der Waals surface area contributed by atoms with Crippen molar-refractivity contribution in [3.05, 3.63) is 36.4 Å². The number of amides is 4. The van der Waals surface area contributed by atoms with Gasteiger partial charge in [0.15, 0.2) is 5.69 Å². The molecule has 0 aromatic carbocycles. The van der Waals surface area contributed by atoms with Crippen molar-refractivity contribution in [1.82, 2.24) is 24.6 Å². The summed E-state index contributed by atoms with van der Waals surface area (Å²) in [5, 5.41) is 3.48. The van der Waals surface area contributed by atoms with Crippen LogP contribution < -0.4 is 15.8 Å². The number of rotatable bonds is 6. The highest BCUT2D eigenvalue weighted by atomic mass is 16.6. The molecule has 2 N–H and O–H groups in total. The van der Waals surface area contributed by atoms with Crippen LogP contribution in [0, 0.1) is 5.92 Å². The van der Waals surface area contributed by atoms with Crippen molar-refractivity contribution in [2.45, 2.75) is 111 Å². The highest BCUT2D eigenvalue weighted by molar-refractivity contribution is 6.03. The van der Waals surface area contributed by atoms with E-state index in [0.717, 1.165) is 30.0 Å². The summed E-state index contributed by atoms with van der Waals surface area (Å²) in [6.45, 7) is 15.9. The highest BCUT2D eigenvalue weighted by Crippen LogP contribution is 2.23. The maximum absolute atomic E-state index is 12.4. The van der Waals surface area contributed by atoms with Gasteiger partial charge in [0, 0.05) is 6.54 Å². The van der Waals surface area contributed by atoms with Gasteiger partial charge >= 0.3 is 24.2 Å². The van der Waals surface area contributed by atoms with Crippen molar-refractivity contribution in [1.29, 1.82) is 0 Å². The zero-order valence-corrected chi connectivity index (χ0v) is 29.0. The van der Waals surface area contributed by atoms with Crippen molar-refractivity contribution < 1.29 is 42.9 Å². The second kappa shape index (κ2) is 16.3. The first-order chi connectivity index (χ1) is 21.7. The van der Waals surface area contributed by atoms with Crippen LogP contribution in [0.5, 0.6) is 0 Å². The number of hydrogen-bond donors (Lipinski definition) is 2. The van der Waals surface area contributed by atoms with Crippen LogP contribution in [0.25, 0.3) is 0 Å². The molecule has 0 radical (unpaired) electrons. The van der Waals surface area contributed by atoms with E-state index in [2.05, 4.69) is 25.4 Å². The number of esters is 1. The molecule has 2 heterocycles. The summed E-state index contributed by atoms with van der Waals surface area (Å²) in [7, 11) is 1.17. The molecular formula is C31H49N7O9. The summed E-state index contributed by atoms with van der Waals surface area (Å²) in [6, 6.07) is 0. The molecular weight excluding hydrogens is 614 g/mol. The van der Waals surface area contributed by atoms with Crippen molar-refractivity contribution in [2.24, 2.45) is 5.92 Å². The second-order valence-corrected chi connectivity index (χ2v) is 13.9. The molecule has 47 heavy (non-hydrogen) atoms. The molecule has 1 fully saturated rings. The Labute approximate surface area is 275 Å². The SMILES string of the molecule is CC(C)(C)OC(=O)Nn1cncc1C(=O)NCC1CCCCC1.COC(=O)c1cncn1N(C(=O)OC(C)(C)C)C(=O)OC(C)(C)C. The summed E-state index contributed by atoms with van der Waals surface area (Å²) >= 11 is 0. The number of carbonyl (C=O) groups is 5. The van der Waals surface area contributed by atoms with Crippen LogP contribution in [-0.4, -0.2) is 79.9 Å². The lowest BCUT2D eigenvalue weighted by Gasteiger charge is -2.29. The molecule has 262 valence electrons. The molecule has 2 aromatic rings. The molecule has 0 bridgehead atoms. The molecule has 0 saturated heterocycles. The van der Waals surface area contributed by atoms with Crippen LogP contribution in [0.1, 0.15) is 115 Å². The van der Waals surface area contributed by atoms with Gasteiger partial charge < -0.3 is 24.3 Å². The summed E-state index contributed by atoms with van der Waals surface area (Å²) in [5.41, 5.74) is 0.333. The standard InChI is InChI=1S/C16H26N4O3.C15H23N3O6/c1-16(2,3)23-15(22)19-20-11-17-10-13(20)14(21)18-9-12-7-5-4-6-8-12;1-14(2,3)23-12(20)18(13(21)24-15(4,5)6)17-9-16-8-10(17)11(19)22-7/h10-12H,4-9H2,1-3H3,(H,18,21)(H,19,22);8-9H,1-7H3. The number of imide groups is 1. The first-order valence-corrected chi connectivity index (χ1v) is 15.4. The van der Waals surface area contributed by atoms with Gasteiger partial charge in [-0.3, -0.25) is 4.79 Å². The van der Waals surface area contributed by atoms with Crippen molar-refractivity contribution in [3.8, 4) is 0 Å². The van der Waals surface area contributed by atoms with E-state index in [9.17, 15) is 24.0 Å². The largest absolute Gasteiger partial charge is 0.464 e. The van der Waals surface area contributed by atoms with E-state index in [0.29, 0.717) is 17.5 Å². The second-order valence-electron chi connectivity index (χ2n) is 13.9. The van der Waals surface area contributed by atoms with E-state index >= 15 is 0 Å². The van der Waals surface area contributed by atoms with E-state index in [1.54, 1.807) is 62.3 Å². The van der Waals surface area contributed by atoms with Gasteiger partial charge in [-0.2, -0.15) is 0 Å². The maximum atomic E-state index is 12.4. The fourth-order valence-electron chi connectivity index (χ4n) is 4.23. The number of nitrogens with zero attached hydrogens (tertiary/aromatic N) is 5.